The SMILES string of the molecule is Cc1ccc(-n2c(C)ccc2-c2cc(Cl)ccc2OCc2cccc(F)c2F)cc1C(=O)O. The van der Waals surface area contributed by atoms with Crippen molar-refractivity contribution in [2.45, 2.75) is 20.5 Å². The Balaban J connectivity index is 1.78. The number of hydrogen-bond donors (Lipinski definition) is 1. The van der Waals surface area contributed by atoms with Crippen LogP contribution in [0.4, 0.5) is 8.78 Å². The number of benzene rings is 3. The molecule has 0 saturated heterocycles. The molecular weight excluding hydrogens is 448 g/mol. The lowest BCUT2D eigenvalue weighted by molar-refractivity contribution is 0.0696. The summed E-state index contributed by atoms with van der Waals surface area (Å²) in [7, 11) is 0. The summed E-state index contributed by atoms with van der Waals surface area (Å²) in [5.74, 6) is -2.48. The van der Waals surface area contributed by atoms with Crippen LogP contribution >= 0.6 is 11.6 Å². The predicted octanol–water partition coefficient (Wildman–Crippen LogP) is 6.97. The van der Waals surface area contributed by atoms with Gasteiger partial charge in [-0.3, -0.25) is 0 Å². The van der Waals surface area contributed by atoms with Crippen LogP contribution < -0.4 is 4.74 Å². The van der Waals surface area contributed by atoms with E-state index in [1.54, 1.807) is 37.3 Å². The molecule has 1 heterocycles. The zero-order valence-electron chi connectivity index (χ0n) is 17.9. The number of aromatic nitrogens is 1. The molecule has 3 aromatic carbocycles. The van der Waals surface area contributed by atoms with Crippen LogP contribution in [0.1, 0.15) is 27.2 Å². The molecule has 0 unspecified atom stereocenters. The summed E-state index contributed by atoms with van der Waals surface area (Å²) in [6.45, 7) is 3.47. The average molecular weight is 468 g/mol. The highest BCUT2D eigenvalue weighted by Crippen LogP contribution is 2.36. The van der Waals surface area contributed by atoms with Crippen LogP contribution in [-0.4, -0.2) is 15.6 Å². The fraction of sp³-hybridized carbons (Fsp3) is 0.115. The van der Waals surface area contributed by atoms with Crippen LogP contribution in [0, 0.1) is 25.5 Å². The van der Waals surface area contributed by atoms with Crippen molar-refractivity contribution >= 4 is 17.6 Å². The van der Waals surface area contributed by atoms with Crippen LogP contribution in [0.15, 0.2) is 66.7 Å². The summed E-state index contributed by atoms with van der Waals surface area (Å²) in [5.41, 5.74) is 3.82. The molecule has 0 aliphatic rings. The smallest absolute Gasteiger partial charge is 0.336 e. The highest BCUT2D eigenvalue weighted by atomic mass is 35.5. The first-order chi connectivity index (χ1) is 15.8. The van der Waals surface area contributed by atoms with E-state index < -0.39 is 17.6 Å². The van der Waals surface area contributed by atoms with Gasteiger partial charge in [0.2, 0.25) is 0 Å². The highest BCUT2D eigenvalue weighted by Gasteiger charge is 2.17. The second-order valence-electron chi connectivity index (χ2n) is 7.64. The minimum absolute atomic E-state index is 0.0899. The molecule has 4 rings (SSSR count). The Morgan fingerprint density at radius 1 is 1.03 bits per heavy atom. The minimum Gasteiger partial charge on any atom is -0.488 e. The number of carbonyl (C=O) groups is 1. The van der Waals surface area contributed by atoms with Gasteiger partial charge >= 0.3 is 5.97 Å². The third-order valence-corrected chi connectivity index (χ3v) is 5.65. The summed E-state index contributed by atoms with van der Waals surface area (Å²) in [5, 5.41) is 10.0. The Morgan fingerprint density at radius 2 is 1.82 bits per heavy atom. The van der Waals surface area contributed by atoms with Gasteiger partial charge in [-0.05, 0) is 67.9 Å². The van der Waals surface area contributed by atoms with Crippen molar-refractivity contribution in [3.63, 3.8) is 0 Å². The molecule has 4 nitrogen and oxygen atoms in total. The van der Waals surface area contributed by atoms with Crippen LogP contribution in [0.2, 0.25) is 5.02 Å². The van der Waals surface area contributed by atoms with Crippen LogP contribution in [0.3, 0.4) is 0 Å². The third kappa shape index (κ3) is 4.47. The van der Waals surface area contributed by atoms with Crippen molar-refractivity contribution < 1.29 is 23.4 Å². The fourth-order valence-corrected chi connectivity index (χ4v) is 3.89. The molecule has 7 heteroatoms. The van der Waals surface area contributed by atoms with Gasteiger partial charge in [0.05, 0.1) is 11.3 Å². The molecule has 0 radical (unpaired) electrons. The first kappa shape index (κ1) is 22.6. The summed E-state index contributed by atoms with van der Waals surface area (Å²) in [6, 6.07) is 17.9. The number of rotatable bonds is 6. The van der Waals surface area contributed by atoms with Crippen molar-refractivity contribution in [2.24, 2.45) is 0 Å². The van der Waals surface area contributed by atoms with Gasteiger partial charge in [-0.15, -0.1) is 0 Å². The van der Waals surface area contributed by atoms with Crippen LogP contribution in [-0.2, 0) is 6.61 Å². The van der Waals surface area contributed by atoms with Gasteiger partial charge in [-0.1, -0.05) is 29.8 Å². The molecule has 33 heavy (non-hydrogen) atoms. The molecule has 0 bridgehead atoms. The lowest BCUT2D eigenvalue weighted by Gasteiger charge is -2.17. The molecule has 0 aliphatic heterocycles. The minimum atomic E-state index is -1.01. The second kappa shape index (κ2) is 9.08. The van der Waals surface area contributed by atoms with E-state index in [1.807, 2.05) is 29.7 Å². The number of aromatic carboxylic acids is 1. The normalized spacial score (nSPS) is 10.9. The van der Waals surface area contributed by atoms with E-state index in [9.17, 15) is 18.7 Å². The van der Waals surface area contributed by atoms with Gasteiger partial charge in [-0.2, -0.15) is 0 Å². The molecule has 168 valence electrons. The van der Waals surface area contributed by atoms with Gasteiger partial charge in [0.25, 0.3) is 0 Å². The van der Waals surface area contributed by atoms with Crippen LogP contribution in [0.25, 0.3) is 16.9 Å². The van der Waals surface area contributed by atoms with Gasteiger partial charge in [0, 0.05) is 27.5 Å². The molecule has 0 saturated carbocycles. The molecule has 0 aliphatic carbocycles. The average Bonchev–Trinajstić information content (AvgIpc) is 3.16. The van der Waals surface area contributed by atoms with E-state index >= 15 is 0 Å². The Hall–Kier alpha value is -3.64. The van der Waals surface area contributed by atoms with Crippen molar-refractivity contribution in [1.29, 1.82) is 0 Å². The van der Waals surface area contributed by atoms with Crippen LogP contribution in [0.5, 0.6) is 5.75 Å². The summed E-state index contributed by atoms with van der Waals surface area (Å²) in [6.07, 6.45) is 0. The maximum absolute atomic E-state index is 14.1. The Morgan fingerprint density at radius 3 is 2.58 bits per heavy atom. The number of halogens is 3. The van der Waals surface area contributed by atoms with Gasteiger partial charge in [-0.25, -0.2) is 13.6 Å². The van der Waals surface area contributed by atoms with E-state index in [4.69, 9.17) is 16.3 Å². The molecule has 4 aromatic rings. The Bertz CT molecular complexity index is 1360. The summed E-state index contributed by atoms with van der Waals surface area (Å²) < 4.78 is 35.4. The van der Waals surface area contributed by atoms with E-state index in [-0.39, 0.29) is 17.7 Å². The summed E-state index contributed by atoms with van der Waals surface area (Å²) >= 11 is 6.27. The molecule has 0 atom stereocenters. The Kier molecular flexibility index (Phi) is 6.20. The molecule has 1 N–H and O–H groups in total. The van der Waals surface area contributed by atoms with Crippen molar-refractivity contribution in [1.82, 2.24) is 4.57 Å². The first-order valence-corrected chi connectivity index (χ1v) is 10.5. The standard InChI is InChI=1S/C26H20ClF2NO3/c1-15-6-9-19(13-20(15)26(31)32)30-16(2)7-10-23(30)21-12-18(27)8-11-24(21)33-14-17-4-3-5-22(28)25(17)29/h3-13H,14H2,1-2H3,(H,31,32). The maximum Gasteiger partial charge on any atom is 0.336 e. The van der Waals surface area contributed by atoms with Gasteiger partial charge in [0.15, 0.2) is 11.6 Å². The van der Waals surface area contributed by atoms with E-state index in [2.05, 4.69) is 0 Å². The predicted molar refractivity (Wildman–Crippen MR) is 123 cm³/mol. The lowest BCUT2D eigenvalue weighted by atomic mass is 10.1. The number of ether oxygens (including phenoxy) is 1. The number of aryl methyl sites for hydroxylation is 2. The van der Waals surface area contributed by atoms with E-state index in [0.29, 0.717) is 33.3 Å². The third-order valence-electron chi connectivity index (χ3n) is 5.42. The number of nitrogens with zero attached hydrogens (tertiary/aromatic N) is 1. The monoisotopic (exact) mass is 467 g/mol. The lowest BCUT2D eigenvalue weighted by Crippen LogP contribution is -2.06. The van der Waals surface area contributed by atoms with E-state index in [0.717, 1.165) is 11.8 Å². The van der Waals surface area contributed by atoms with Crippen molar-refractivity contribution in [2.75, 3.05) is 0 Å². The first-order valence-electron chi connectivity index (χ1n) is 10.1. The number of hydrogen-bond acceptors (Lipinski definition) is 2. The van der Waals surface area contributed by atoms with E-state index in [1.165, 1.54) is 12.1 Å². The molecule has 1 aromatic heterocycles. The molecule has 0 amide bonds. The highest BCUT2D eigenvalue weighted by molar-refractivity contribution is 6.31. The molecular formula is C26H20ClF2NO3. The number of carboxylic acids is 1. The zero-order chi connectivity index (χ0) is 23.7. The quantitative estimate of drug-likeness (QED) is 0.333. The maximum atomic E-state index is 14.1. The van der Waals surface area contributed by atoms with Crippen molar-refractivity contribution in [3.05, 3.63) is 106 Å². The largest absolute Gasteiger partial charge is 0.488 e. The second-order valence-corrected chi connectivity index (χ2v) is 8.08. The summed E-state index contributed by atoms with van der Waals surface area (Å²) in [4.78, 5) is 11.6. The Labute approximate surface area is 194 Å². The fourth-order valence-electron chi connectivity index (χ4n) is 3.71. The molecule has 0 spiro atoms. The number of carboxylic acid groups (broad SMARTS) is 1. The van der Waals surface area contributed by atoms with Crippen molar-refractivity contribution in [3.8, 4) is 22.7 Å². The van der Waals surface area contributed by atoms with Gasteiger partial charge < -0.3 is 14.4 Å². The molecule has 0 fully saturated rings. The topological polar surface area (TPSA) is 51.5 Å². The zero-order valence-corrected chi connectivity index (χ0v) is 18.7. The van der Waals surface area contributed by atoms with Gasteiger partial charge in [0.1, 0.15) is 12.4 Å².